The third kappa shape index (κ3) is 7.19. The van der Waals surface area contributed by atoms with Crippen LogP contribution in [0.15, 0.2) is 48.5 Å². The highest BCUT2D eigenvalue weighted by Crippen LogP contribution is 2.24. The lowest BCUT2D eigenvalue weighted by atomic mass is 9.87. The lowest BCUT2D eigenvalue weighted by molar-refractivity contribution is -0.119. The molecule has 150 valence electrons. The zero-order chi connectivity index (χ0) is 20.6. The van der Waals surface area contributed by atoms with Crippen molar-refractivity contribution in [2.24, 2.45) is 0 Å². The van der Waals surface area contributed by atoms with Crippen molar-refractivity contribution in [2.75, 3.05) is 19.0 Å². The Labute approximate surface area is 172 Å². The number of hydrogen-bond acceptors (Lipinski definition) is 4. The molecule has 0 unspecified atom stereocenters. The molecule has 0 spiro atoms. The molecule has 28 heavy (non-hydrogen) atoms. The number of hydrogen-bond donors (Lipinski definition) is 2. The van der Waals surface area contributed by atoms with Gasteiger partial charge in [-0.1, -0.05) is 39.0 Å². The van der Waals surface area contributed by atoms with Crippen molar-refractivity contribution in [3.63, 3.8) is 0 Å². The first-order valence-corrected chi connectivity index (χ1v) is 9.67. The summed E-state index contributed by atoms with van der Waals surface area (Å²) in [6.45, 7) is 7.00. The Kier molecular flexibility index (Phi) is 7.81. The molecule has 2 aromatic carbocycles. The monoisotopic (exact) mass is 400 g/mol. The highest BCUT2D eigenvalue weighted by Gasteiger charge is 2.13. The standard InChI is InChI=1S/C22H28N2O3S/c1-22(2,3)16-10-12-18(13-11-16)27-14-6-9-20(25)24-21(28)23-17-7-5-8-19(15-17)26-4/h5,7-8,10-13,15H,6,9,14H2,1-4H3,(H2,23,24,25,28). The van der Waals surface area contributed by atoms with Crippen molar-refractivity contribution in [3.8, 4) is 11.5 Å². The summed E-state index contributed by atoms with van der Waals surface area (Å²) in [6, 6.07) is 15.4. The molecule has 2 aromatic rings. The van der Waals surface area contributed by atoms with E-state index in [4.69, 9.17) is 21.7 Å². The number of methoxy groups -OCH3 is 1. The van der Waals surface area contributed by atoms with Gasteiger partial charge in [-0.25, -0.2) is 0 Å². The normalized spacial score (nSPS) is 10.9. The van der Waals surface area contributed by atoms with Crippen LogP contribution in [0.25, 0.3) is 0 Å². The number of carbonyl (C=O) groups is 1. The lowest BCUT2D eigenvalue weighted by Gasteiger charge is -2.19. The number of benzene rings is 2. The van der Waals surface area contributed by atoms with E-state index in [2.05, 4.69) is 43.5 Å². The molecule has 0 saturated carbocycles. The molecule has 0 atom stereocenters. The molecule has 0 radical (unpaired) electrons. The van der Waals surface area contributed by atoms with Crippen molar-refractivity contribution >= 4 is 28.9 Å². The second-order valence-corrected chi connectivity index (χ2v) is 7.87. The van der Waals surface area contributed by atoms with Crippen molar-refractivity contribution in [1.29, 1.82) is 0 Å². The number of nitrogens with one attached hydrogen (secondary N) is 2. The summed E-state index contributed by atoms with van der Waals surface area (Å²) >= 11 is 5.17. The molecule has 0 bridgehead atoms. The second-order valence-electron chi connectivity index (χ2n) is 7.46. The van der Waals surface area contributed by atoms with Gasteiger partial charge in [0.1, 0.15) is 11.5 Å². The third-order valence-corrected chi connectivity index (χ3v) is 4.32. The fourth-order valence-electron chi connectivity index (χ4n) is 2.53. The summed E-state index contributed by atoms with van der Waals surface area (Å²) in [5.74, 6) is 1.38. The van der Waals surface area contributed by atoms with E-state index < -0.39 is 0 Å². The quantitative estimate of drug-likeness (QED) is 0.523. The van der Waals surface area contributed by atoms with Gasteiger partial charge in [0.2, 0.25) is 5.91 Å². The van der Waals surface area contributed by atoms with Gasteiger partial charge in [-0.05, 0) is 53.9 Å². The van der Waals surface area contributed by atoms with Crippen molar-refractivity contribution in [3.05, 3.63) is 54.1 Å². The van der Waals surface area contributed by atoms with Crippen LogP contribution in [-0.2, 0) is 10.2 Å². The Bertz CT molecular complexity index is 798. The van der Waals surface area contributed by atoms with E-state index in [1.807, 2.05) is 30.3 Å². The van der Waals surface area contributed by atoms with Crippen molar-refractivity contribution in [2.45, 2.75) is 39.0 Å². The van der Waals surface area contributed by atoms with Crippen LogP contribution in [0.2, 0.25) is 0 Å². The summed E-state index contributed by atoms with van der Waals surface area (Å²) in [4.78, 5) is 12.0. The number of ether oxygens (including phenoxy) is 2. The molecule has 6 heteroatoms. The predicted octanol–water partition coefficient (Wildman–Crippen LogP) is 4.66. The molecule has 2 N–H and O–H groups in total. The van der Waals surface area contributed by atoms with Crippen LogP contribution in [0.4, 0.5) is 5.69 Å². The van der Waals surface area contributed by atoms with Crippen LogP contribution < -0.4 is 20.1 Å². The fourth-order valence-corrected chi connectivity index (χ4v) is 2.76. The molecular weight excluding hydrogens is 372 g/mol. The molecule has 0 aliphatic rings. The number of thiocarbonyl (C=S) groups is 1. The maximum Gasteiger partial charge on any atom is 0.226 e. The molecule has 0 saturated heterocycles. The first-order valence-electron chi connectivity index (χ1n) is 9.26. The Morgan fingerprint density at radius 3 is 2.43 bits per heavy atom. The van der Waals surface area contributed by atoms with Gasteiger partial charge in [0.25, 0.3) is 0 Å². The van der Waals surface area contributed by atoms with Crippen LogP contribution in [0.5, 0.6) is 11.5 Å². The second kappa shape index (κ2) is 10.1. The predicted molar refractivity (Wildman–Crippen MR) is 117 cm³/mol. The zero-order valence-electron chi connectivity index (χ0n) is 16.9. The number of carbonyl (C=O) groups excluding carboxylic acids is 1. The topological polar surface area (TPSA) is 59.6 Å². The van der Waals surface area contributed by atoms with Gasteiger partial charge >= 0.3 is 0 Å². The van der Waals surface area contributed by atoms with E-state index >= 15 is 0 Å². The van der Waals surface area contributed by atoms with Gasteiger partial charge in [0, 0.05) is 18.2 Å². The van der Waals surface area contributed by atoms with E-state index in [0.717, 1.165) is 11.4 Å². The molecule has 0 aliphatic carbocycles. The molecule has 1 amide bonds. The maximum atomic E-state index is 12.0. The molecule has 0 aromatic heterocycles. The average Bonchev–Trinajstić information content (AvgIpc) is 2.65. The summed E-state index contributed by atoms with van der Waals surface area (Å²) in [7, 11) is 1.60. The Hall–Kier alpha value is -2.60. The molecule has 2 rings (SSSR count). The van der Waals surface area contributed by atoms with Crippen LogP contribution >= 0.6 is 12.2 Å². The van der Waals surface area contributed by atoms with Crippen LogP contribution in [0.1, 0.15) is 39.2 Å². The summed E-state index contributed by atoms with van der Waals surface area (Å²) < 4.78 is 10.9. The molecule has 0 fully saturated rings. The SMILES string of the molecule is COc1cccc(NC(=S)NC(=O)CCCOc2ccc(C(C)(C)C)cc2)c1. The van der Waals surface area contributed by atoms with Gasteiger partial charge in [-0.3, -0.25) is 4.79 Å². The van der Waals surface area contributed by atoms with E-state index in [1.165, 1.54) is 5.56 Å². The maximum absolute atomic E-state index is 12.0. The summed E-state index contributed by atoms with van der Waals surface area (Å²) in [5, 5.41) is 5.90. The van der Waals surface area contributed by atoms with Crippen LogP contribution in [0, 0.1) is 0 Å². The Morgan fingerprint density at radius 2 is 1.79 bits per heavy atom. The lowest BCUT2D eigenvalue weighted by Crippen LogP contribution is -2.34. The fraction of sp³-hybridized carbons (Fsp3) is 0.364. The van der Waals surface area contributed by atoms with E-state index in [9.17, 15) is 4.79 Å². The minimum Gasteiger partial charge on any atom is -0.497 e. The highest BCUT2D eigenvalue weighted by atomic mass is 32.1. The van der Waals surface area contributed by atoms with E-state index in [1.54, 1.807) is 13.2 Å². The molecular formula is C22H28N2O3S. The first kappa shape index (κ1) is 21.7. The summed E-state index contributed by atoms with van der Waals surface area (Å²) in [6.07, 6.45) is 0.939. The summed E-state index contributed by atoms with van der Waals surface area (Å²) in [5.41, 5.74) is 2.14. The van der Waals surface area contributed by atoms with Gasteiger partial charge < -0.3 is 20.1 Å². The molecule has 5 nitrogen and oxygen atoms in total. The van der Waals surface area contributed by atoms with E-state index in [-0.39, 0.29) is 16.4 Å². The smallest absolute Gasteiger partial charge is 0.226 e. The van der Waals surface area contributed by atoms with Gasteiger partial charge in [-0.2, -0.15) is 0 Å². The minimum absolute atomic E-state index is 0.119. The first-order chi connectivity index (χ1) is 13.3. The van der Waals surface area contributed by atoms with Crippen LogP contribution in [0.3, 0.4) is 0 Å². The highest BCUT2D eigenvalue weighted by molar-refractivity contribution is 7.80. The van der Waals surface area contributed by atoms with Gasteiger partial charge in [-0.15, -0.1) is 0 Å². The Balaban J connectivity index is 1.68. The van der Waals surface area contributed by atoms with Crippen LogP contribution in [-0.4, -0.2) is 24.7 Å². The van der Waals surface area contributed by atoms with Gasteiger partial charge in [0.05, 0.1) is 13.7 Å². The number of rotatable bonds is 7. The number of amides is 1. The van der Waals surface area contributed by atoms with Crippen molar-refractivity contribution < 1.29 is 14.3 Å². The Morgan fingerprint density at radius 1 is 1.07 bits per heavy atom. The molecule has 0 heterocycles. The average molecular weight is 401 g/mol. The minimum atomic E-state index is -0.146. The van der Waals surface area contributed by atoms with Crippen molar-refractivity contribution in [1.82, 2.24) is 5.32 Å². The largest absolute Gasteiger partial charge is 0.497 e. The van der Waals surface area contributed by atoms with E-state index in [0.29, 0.717) is 25.2 Å². The number of anilines is 1. The van der Waals surface area contributed by atoms with Gasteiger partial charge in [0.15, 0.2) is 5.11 Å². The molecule has 0 aliphatic heterocycles. The zero-order valence-corrected chi connectivity index (χ0v) is 17.7. The third-order valence-electron chi connectivity index (χ3n) is 4.12.